The highest BCUT2D eigenvalue weighted by atomic mass is 35.5. The molecule has 0 radical (unpaired) electrons. The maximum absolute atomic E-state index is 12.5. The third-order valence-corrected chi connectivity index (χ3v) is 4.75. The Morgan fingerprint density at radius 1 is 1.30 bits per heavy atom. The third-order valence-electron chi connectivity index (χ3n) is 4.52. The summed E-state index contributed by atoms with van der Waals surface area (Å²) in [5.74, 6) is 1.14. The molecule has 2 rings (SSSR count). The highest BCUT2D eigenvalue weighted by Gasteiger charge is 2.28. The highest BCUT2D eigenvalue weighted by molar-refractivity contribution is 6.31. The number of carbonyl (C=O) groups excluding carboxylic acids is 1. The van der Waals surface area contributed by atoms with E-state index in [1.165, 1.54) is 12.8 Å². The minimum absolute atomic E-state index is 0.0391. The van der Waals surface area contributed by atoms with Crippen LogP contribution in [0.2, 0.25) is 5.02 Å². The number of hydrogen-bond donors (Lipinski definition) is 2. The number of carbonyl (C=O) groups is 1. The third kappa shape index (κ3) is 3.26. The second-order valence-corrected chi connectivity index (χ2v) is 6.22. The largest absolute Gasteiger partial charge is 0.387 e. The van der Waals surface area contributed by atoms with Crippen molar-refractivity contribution in [2.45, 2.75) is 39.2 Å². The predicted octanol–water partition coefficient (Wildman–Crippen LogP) is 3.94. The molecule has 0 aromatic heterocycles. The van der Waals surface area contributed by atoms with E-state index in [4.69, 9.17) is 11.6 Å². The molecule has 0 spiro atoms. The molecule has 1 aliphatic carbocycles. The zero-order valence-electron chi connectivity index (χ0n) is 12.4. The molecule has 1 aromatic rings. The first kappa shape index (κ1) is 15.2. The van der Waals surface area contributed by atoms with Gasteiger partial charge in [-0.2, -0.15) is 0 Å². The molecular weight excluding hydrogens is 272 g/mol. The summed E-state index contributed by atoms with van der Waals surface area (Å²) >= 11 is 6.00. The number of rotatable bonds is 3. The van der Waals surface area contributed by atoms with E-state index in [2.05, 4.69) is 24.5 Å². The van der Waals surface area contributed by atoms with Gasteiger partial charge in [0.2, 0.25) is 0 Å². The molecule has 0 saturated heterocycles. The van der Waals surface area contributed by atoms with Crippen molar-refractivity contribution in [1.82, 2.24) is 5.32 Å². The van der Waals surface area contributed by atoms with E-state index in [1.807, 2.05) is 13.1 Å². The van der Waals surface area contributed by atoms with Crippen LogP contribution in [-0.4, -0.2) is 19.0 Å². The Hall–Kier alpha value is -1.22. The predicted molar refractivity (Wildman–Crippen MR) is 84.4 cm³/mol. The molecule has 3 atom stereocenters. The second-order valence-electron chi connectivity index (χ2n) is 5.79. The molecule has 3 nitrogen and oxygen atoms in total. The van der Waals surface area contributed by atoms with Gasteiger partial charge in [0.25, 0.3) is 5.91 Å². The van der Waals surface area contributed by atoms with Crippen molar-refractivity contribution in [3.63, 3.8) is 0 Å². The maximum atomic E-state index is 12.5. The average Bonchev–Trinajstić information content (AvgIpc) is 2.43. The SMILES string of the molecule is CNc1ccc(Cl)cc1C(=O)NC1CCCC(C)C1C. The van der Waals surface area contributed by atoms with Crippen LogP contribution in [0.4, 0.5) is 5.69 Å². The lowest BCUT2D eigenvalue weighted by molar-refractivity contribution is 0.0892. The lowest BCUT2D eigenvalue weighted by atomic mass is 9.78. The Labute approximate surface area is 126 Å². The van der Waals surface area contributed by atoms with Crippen LogP contribution in [0.25, 0.3) is 0 Å². The Bertz CT molecular complexity index is 489. The fourth-order valence-electron chi connectivity index (χ4n) is 2.95. The van der Waals surface area contributed by atoms with Crippen LogP contribution in [-0.2, 0) is 0 Å². The van der Waals surface area contributed by atoms with Crippen LogP contribution in [0.5, 0.6) is 0 Å². The monoisotopic (exact) mass is 294 g/mol. The zero-order chi connectivity index (χ0) is 14.7. The van der Waals surface area contributed by atoms with Gasteiger partial charge in [0.1, 0.15) is 0 Å². The minimum atomic E-state index is -0.0391. The molecule has 0 heterocycles. The lowest BCUT2D eigenvalue weighted by Crippen LogP contribution is -2.43. The quantitative estimate of drug-likeness (QED) is 0.886. The van der Waals surface area contributed by atoms with Crippen LogP contribution in [0.15, 0.2) is 18.2 Å². The minimum Gasteiger partial charge on any atom is -0.387 e. The van der Waals surface area contributed by atoms with E-state index in [1.54, 1.807) is 12.1 Å². The fraction of sp³-hybridized carbons (Fsp3) is 0.562. The van der Waals surface area contributed by atoms with Crippen molar-refractivity contribution in [2.24, 2.45) is 11.8 Å². The first-order valence-electron chi connectivity index (χ1n) is 7.31. The number of amides is 1. The van der Waals surface area contributed by atoms with Gasteiger partial charge in [-0.25, -0.2) is 0 Å². The summed E-state index contributed by atoms with van der Waals surface area (Å²) in [6, 6.07) is 5.61. The molecule has 1 amide bonds. The van der Waals surface area contributed by atoms with E-state index in [-0.39, 0.29) is 11.9 Å². The Morgan fingerprint density at radius 3 is 2.75 bits per heavy atom. The van der Waals surface area contributed by atoms with Gasteiger partial charge < -0.3 is 10.6 Å². The Kier molecular flexibility index (Phi) is 4.92. The van der Waals surface area contributed by atoms with Gasteiger partial charge in [-0.3, -0.25) is 4.79 Å². The van der Waals surface area contributed by atoms with E-state index >= 15 is 0 Å². The molecule has 110 valence electrons. The van der Waals surface area contributed by atoms with Crippen LogP contribution in [0.3, 0.4) is 0 Å². The summed E-state index contributed by atoms with van der Waals surface area (Å²) in [6.07, 6.45) is 3.50. The van der Waals surface area contributed by atoms with Gasteiger partial charge >= 0.3 is 0 Å². The molecule has 2 N–H and O–H groups in total. The standard InChI is InChI=1S/C16H23ClN2O/c1-10-5-4-6-14(11(10)2)19-16(20)13-9-12(17)7-8-15(13)18-3/h7-11,14,18H,4-6H2,1-3H3,(H,19,20). The van der Waals surface area contributed by atoms with Crippen molar-refractivity contribution < 1.29 is 4.79 Å². The van der Waals surface area contributed by atoms with E-state index in [0.29, 0.717) is 22.4 Å². The number of nitrogens with one attached hydrogen (secondary N) is 2. The van der Waals surface area contributed by atoms with E-state index in [9.17, 15) is 4.79 Å². The lowest BCUT2D eigenvalue weighted by Gasteiger charge is -2.34. The molecule has 4 heteroatoms. The fourth-order valence-corrected chi connectivity index (χ4v) is 3.13. The van der Waals surface area contributed by atoms with Gasteiger partial charge in [-0.05, 0) is 36.5 Å². The summed E-state index contributed by atoms with van der Waals surface area (Å²) in [6.45, 7) is 4.49. The zero-order valence-corrected chi connectivity index (χ0v) is 13.1. The molecule has 1 aliphatic rings. The molecule has 0 bridgehead atoms. The summed E-state index contributed by atoms with van der Waals surface area (Å²) in [5, 5.41) is 6.80. The Balaban J connectivity index is 2.13. The highest BCUT2D eigenvalue weighted by Crippen LogP contribution is 2.30. The molecule has 3 unspecified atom stereocenters. The first-order chi connectivity index (χ1) is 9.52. The van der Waals surface area contributed by atoms with Crippen LogP contribution < -0.4 is 10.6 Å². The average molecular weight is 295 g/mol. The van der Waals surface area contributed by atoms with Crippen LogP contribution >= 0.6 is 11.6 Å². The smallest absolute Gasteiger partial charge is 0.253 e. The van der Waals surface area contributed by atoms with Crippen molar-refractivity contribution in [3.8, 4) is 0 Å². The van der Waals surface area contributed by atoms with Gasteiger partial charge in [-0.1, -0.05) is 38.3 Å². The number of benzene rings is 1. The summed E-state index contributed by atoms with van der Waals surface area (Å²) in [5.41, 5.74) is 1.42. The summed E-state index contributed by atoms with van der Waals surface area (Å²) in [4.78, 5) is 12.5. The molecule has 1 aromatic carbocycles. The molecular formula is C16H23ClN2O. The van der Waals surface area contributed by atoms with Gasteiger partial charge in [0.15, 0.2) is 0 Å². The summed E-state index contributed by atoms with van der Waals surface area (Å²) < 4.78 is 0. The normalized spacial score (nSPS) is 26.1. The molecule has 1 saturated carbocycles. The maximum Gasteiger partial charge on any atom is 0.253 e. The number of hydrogen-bond acceptors (Lipinski definition) is 2. The number of halogens is 1. The van der Waals surface area contributed by atoms with Crippen molar-refractivity contribution >= 4 is 23.2 Å². The second kappa shape index (κ2) is 6.49. The Morgan fingerprint density at radius 2 is 2.05 bits per heavy atom. The first-order valence-corrected chi connectivity index (χ1v) is 7.69. The van der Waals surface area contributed by atoms with Crippen LogP contribution in [0, 0.1) is 11.8 Å². The van der Waals surface area contributed by atoms with Gasteiger partial charge in [0.05, 0.1) is 5.56 Å². The van der Waals surface area contributed by atoms with E-state index in [0.717, 1.165) is 12.1 Å². The molecule has 20 heavy (non-hydrogen) atoms. The van der Waals surface area contributed by atoms with Gasteiger partial charge in [0, 0.05) is 23.8 Å². The van der Waals surface area contributed by atoms with Crippen molar-refractivity contribution in [3.05, 3.63) is 28.8 Å². The van der Waals surface area contributed by atoms with Crippen molar-refractivity contribution in [1.29, 1.82) is 0 Å². The van der Waals surface area contributed by atoms with Gasteiger partial charge in [-0.15, -0.1) is 0 Å². The van der Waals surface area contributed by atoms with Crippen molar-refractivity contribution in [2.75, 3.05) is 12.4 Å². The molecule has 1 fully saturated rings. The van der Waals surface area contributed by atoms with E-state index < -0.39 is 0 Å². The van der Waals surface area contributed by atoms with Crippen LogP contribution in [0.1, 0.15) is 43.5 Å². The molecule has 0 aliphatic heterocycles. The number of anilines is 1. The topological polar surface area (TPSA) is 41.1 Å². The summed E-state index contributed by atoms with van der Waals surface area (Å²) in [7, 11) is 1.81.